The van der Waals surface area contributed by atoms with Gasteiger partial charge in [0.25, 0.3) is 5.56 Å². The third kappa shape index (κ3) is 2.96. The van der Waals surface area contributed by atoms with E-state index in [0.717, 1.165) is 16.7 Å². The van der Waals surface area contributed by atoms with Crippen molar-refractivity contribution in [3.8, 4) is 5.75 Å². The number of carbonyl (C=O) groups is 1. The molecule has 3 aromatic rings. The number of fused-ring (bicyclic) bond motifs is 1. The van der Waals surface area contributed by atoms with Gasteiger partial charge >= 0.3 is 0 Å². The number of benzene rings is 1. The molecule has 1 aliphatic rings. The van der Waals surface area contributed by atoms with E-state index in [-0.39, 0.29) is 24.1 Å². The molecule has 0 N–H and O–H groups in total. The zero-order chi connectivity index (χ0) is 18.3. The highest BCUT2D eigenvalue weighted by Gasteiger charge is 2.32. The summed E-state index contributed by atoms with van der Waals surface area (Å²) in [7, 11) is 1.73. The molecule has 0 unspecified atom stereocenters. The fourth-order valence-corrected chi connectivity index (χ4v) is 3.10. The van der Waals surface area contributed by atoms with Crippen LogP contribution in [0.5, 0.6) is 5.75 Å². The highest BCUT2D eigenvalue weighted by Crippen LogP contribution is 2.19. The number of amides is 1. The van der Waals surface area contributed by atoms with Crippen LogP contribution in [-0.4, -0.2) is 44.1 Å². The minimum atomic E-state index is -0.0979. The van der Waals surface area contributed by atoms with Crippen molar-refractivity contribution in [3.05, 3.63) is 58.8 Å². The van der Waals surface area contributed by atoms with E-state index in [9.17, 15) is 9.59 Å². The second-order valence-corrected chi connectivity index (χ2v) is 6.63. The molecule has 1 amide bonds. The topological polar surface area (TPSA) is 69.4 Å². The van der Waals surface area contributed by atoms with Crippen molar-refractivity contribution in [1.82, 2.24) is 19.0 Å². The fourth-order valence-electron chi connectivity index (χ4n) is 3.10. The Kier molecular flexibility index (Phi) is 3.99. The van der Waals surface area contributed by atoms with E-state index in [1.54, 1.807) is 22.8 Å². The molecule has 1 aromatic carbocycles. The number of para-hydroxylation sites is 2. The number of pyridine rings is 1. The van der Waals surface area contributed by atoms with E-state index < -0.39 is 0 Å². The highest BCUT2D eigenvalue weighted by atomic mass is 16.5. The van der Waals surface area contributed by atoms with E-state index in [1.807, 2.05) is 41.8 Å². The summed E-state index contributed by atoms with van der Waals surface area (Å²) < 4.78 is 9.25. The summed E-state index contributed by atoms with van der Waals surface area (Å²) in [4.78, 5) is 30.3. The Morgan fingerprint density at radius 2 is 2.04 bits per heavy atom. The zero-order valence-corrected chi connectivity index (χ0v) is 14.8. The molecule has 7 heteroatoms. The van der Waals surface area contributed by atoms with Crippen LogP contribution in [0.25, 0.3) is 11.0 Å². The van der Waals surface area contributed by atoms with Crippen LogP contribution >= 0.6 is 0 Å². The number of carbonyl (C=O) groups excluding carboxylic acids is 1. The average Bonchev–Trinajstić information content (AvgIpc) is 2.98. The van der Waals surface area contributed by atoms with Gasteiger partial charge in [-0.25, -0.2) is 4.98 Å². The van der Waals surface area contributed by atoms with Gasteiger partial charge < -0.3 is 18.8 Å². The Labute approximate surface area is 150 Å². The molecule has 4 rings (SSSR count). The quantitative estimate of drug-likeness (QED) is 0.710. The number of likely N-dealkylation sites (tertiary alicyclic amines) is 1. The first-order chi connectivity index (χ1) is 12.5. The minimum Gasteiger partial charge on any atom is -0.486 e. The normalized spacial score (nSPS) is 14.5. The summed E-state index contributed by atoms with van der Waals surface area (Å²) in [6.45, 7) is 3.18. The lowest BCUT2D eigenvalue weighted by Crippen LogP contribution is -2.56. The molecular formula is C19H20N4O3. The summed E-state index contributed by atoms with van der Waals surface area (Å²) in [6.07, 6.45) is 1.61. The predicted octanol–water partition coefficient (Wildman–Crippen LogP) is 1.33. The third-order valence-electron chi connectivity index (χ3n) is 4.81. The van der Waals surface area contributed by atoms with Crippen molar-refractivity contribution in [3.63, 3.8) is 0 Å². The van der Waals surface area contributed by atoms with E-state index >= 15 is 0 Å². The van der Waals surface area contributed by atoms with Crippen molar-refractivity contribution in [2.24, 2.45) is 7.05 Å². The standard InChI is InChI=1S/C19H20N4O3/c1-13-7-14(8-18(24)21(13)2)26-15-9-22(10-15)19(25)11-23-12-20-16-5-3-4-6-17(16)23/h3-8,12,15H,9-11H2,1-2H3. The Bertz CT molecular complexity index is 1030. The maximum absolute atomic E-state index is 12.5. The maximum atomic E-state index is 12.5. The van der Waals surface area contributed by atoms with Crippen molar-refractivity contribution < 1.29 is 9.53 Å². The molecule has 0 atom stereocenters. The minimum absolute atomic E-state index is 0.0353. The Morgan fingerprint density at radius 1 is 1.27 bits per heavy atom. The number of ether oxygens (including phenoxy) is 1. The molecule has 1 aliphatic heterocycles. The number of hydrogen-bond acceptors (Lipinski definition) is 4. The van der Waals surface area contributed by atoms with Gasteiger partial charge in [0.05, 0.1) is 30.5 Å². The van der Waals surface area contributed by atoms with Crippen LogP contribution in [0.3, 0.4) is 0 Å². The van der Waals surface area contributed by atoms with Crippen LogP contribution in [0.1, 0.15) is 5.69 Å². The van der Waals surface area contributed by atoms with Crippen LogP contribution < -0.4 is 10.3 Å². The molecule has 2 aromatic heterocycles. The Balaban J connectivity index is 1.36. The highest BCUT2D eigenvalue weighted by molar-refractivity contribution is 5.81. The number of aryl methyl sites for hydroxylation is 1. The molecule has 0 radical (unpaired) electrons. The number of nitrogens with zero attached hydrogens (tertiary/aromatic N) is 4. The summed E-state index contributed by atoms with van der Waals surface area (Å²) in [5.74, 6) is 0.594. The van der Waals surface area contributed by atoms with Gasteiger partial charge in [0.1, 0.15) is 18.4 Å². The second-order valence-electron chi connectivity index (χ2n) is 6.63. The van der Waals surface area contributed by atoms with Gasteiger partial charge in [-0.15, -0.1) is 0 Å². The van der Waals surface area contributed by atoms with Crippen LogP contribution in [0.2, 0.25) is 0 Å². The number of hydrogen-bond donors (Lipinski definition) is 0. The van der Waals surface area contributed by atoms with E-state index in [1.165, 1.54) is 6.07 Å². The van der Waals surface area contributed by atoms with Crippen LogP contribution in [-0.2, 0) is 18.4 Å². The van der Waals surface area contributed by atoms with Crippen molar-refractivity contribution in [2.75, 3.05) is 13.1 Å². The average molecular weight is 352 g/mol. The summed E-state index contributed by atoms with van der Waals surface area (Å²) in [6, 6.07) is 11.1. The van der Waals surface area contributed by atoms with Gasteiger partial charge in [-0.1, -0.05) is 12.1 Å². The molecule has 0 saturated carbocycles. The van der Waals surface area contributed by atoms with Crippen LogP contribution in [0.4, 0.5) is 0 Å². The van der Waals surface area contributed by atoms with Gasteiger partial charge in [-0.2, -0.15) is 0 Å². The van der Waals surface area contributed by atoms with Gasteiger partial charge in [-0.3, -0.25) is 9.59 Å². The van der Waals surface area contributed by atoms with Gasteiger partial charge in [-0.05, 0) is 25.1 Å². The molecule has 7 nitrogen and oxygen atoms in total. The number of aromatic nitrogens is 3. The van der Waals surface area contributed by atoms with Crippen molar-refractivity contribution >= 4 is 16.9 Å². The zero-order valence-electron chi connectivity index (χ0n) is 14.8. The molecule has 1 saturated heterocycles. The molecule has 26 heavy (non-hydrogen) atoms. The van der Waals surface area contributed by atoms with Crippen LogP contribution in [0.15, 0.2) is 47.5 Å². The number of rotatable bonds is 4. The first-order valence-corrected chi connectivity index (χ1v) is 8.53. The smallest absolute Gasteiger partial charge is 0.254 e. The third-order valence-corrected chi connectivity index (χ3v) is 4.81. The first kappa shape index (κ1) is 16.4. The largest absolute Gasteiger partial charge is 0.486 e. The molecule has 0 bridgehead atoms. The lowest BCUT2D eigenvalue weighted by atomic mass is 10.1. The second kappa shape index (κ2) is 6.33. The van der Waals surface area contributed by atoms with E-state index in [2.05, 4.69) is 4.98 Å². The molecule has 1 fully saturated rings. The first-order valence-electron chi connectivity index (χ1n) is 8.53. The van der Waals surface area contributed by atoms with Crippen molar-refractivity contribution in [1.29, 1.82) is 0 Å². The van der Waals surface area contributed by atoms with E-state index in [0.29, 0.717) is 18.8 Å². The van der Waals surface area contributed by atoms with E-state index in [4.69, 9.17) is 4.74 Å². The summed E-state index contributed by atoms with van der Waals surface area (Å²) in [5, 5.41) is 0. The predicted molar refractivity (Wildman–Crippen MR) is 97.1 cm³/mol. The lowest BCUT2D eigenvalue weighted by molar-refractivity contribution is -0.140. The summed E-state index contributed by atoms with van der Waals surface area (Å²) >= 11 is 0. The fraction of sp³-hybridized carbons (Fsp3) is 0.316. The van der Waals surface area contributed by atoms with Gasteiger partial charge in [0, 0.05) is 18.8 Å². The maximum Gasteiger partial charge on any atom is 0.254 e. The van der Waals surface area contributed by atoms with Crippen molar-refractivity contribution in [2.45, 2.75) is 19.6 Å². The SMILES string of the molecule is Cc1cc(OC2CN(C(=O)Cn3cnc4ccccc43)C2)cc(=O)n1C. The monoisotopic (exact) mass is 352 g/mol. The number of imidazole rings is 1. The lowest BCUT2D eigenvalue weighted by Gasteiger charge is -2.39. The Morgan fingerprint density at radius 3 is 2.81 bits per heavy atom. The molecular weight excluding hydrogens is 332 g/mol. The summed E-state index contributed by atoms with van der Waals surface area (Å²) in [5.41, 5.74) is 2.57. The molecule has 0 aliphatic carbocycles. The molecule has 134 valence electrons. The van der Waals surface area contributed by atoms with Gasteiger partial charge in [0.15, 0.2) is 0 Å². The van der Waals surface area contributed by atoms with Gasteiger partial charge in [0.2, 0.25) is 5.91 Å². The Hall–Kier alpha value is -3.09. The molecule has 3 heterocycles. The molecule has 0 spiro atoms. The van der Waals surface area contributed by atoms with Crippen LogP contribution in [0, 0.1) is 6.92 Å².